The third kappa shape index (κ3) is 6.96. The van der Waals surface area contributed by atoms with Crippen LogP contribution in [0.5, 0.6) is 0 Å². The van der Waals surface area contributed by atoms with Crippen molar-refractivity contribution in [1.82, 2.24) is 9.88 Å². The summed E-state index contributed by atoms with van der Waals surface area (Å²) in [5, 5.41) is 0. The maximum Gasteiger partial charge on any atom is 0.208 e. The topological polar surface area (TPSA) is 55.3 Å². The highest BCUT2D eigenvalue weighted by molar-refractivity contribution is 5.85. The van der Waals surface area contributed by atoms with E-state index in [0.717, 1.165) is 37.7 Å². The van der Waals surface area contributed by atoms with Crippen LogP contribution in [0.25, 0.3) is 0 Å². The van der Waals surface area contributed by atoms with Crippen LogP contribution in [0.2, 0.25) is 0 Å². The minimum absolute atomic E-state index is 0. The summed E-state index contributed by atoms with van der Waals surface area (Å²) in [5.74, 6) is 1.62. The summed E-state index contributed by atoms with van der Waals surface area (Å²) in [6, 6.07) is 10.5. The van der Waals surface area contributed by atoms with Crippen molar-refractivity contribution in [2.75, 3.05) is 19.6 Å². The van der Waals surface area contributed by atoms with Crippen LogP contribution in [-0.2, 0) is 13.0 Å². The lowest BCUT2D eigenvalue weighted by Crippen LogP contribution is -2.31. The Kier molecular flexibility index (Phi) is 10.1. The average molecular weight is 332 g/mol. The van der Waals surface area contributed by atoms with Crippen molar-refractivity contribution in [2.24, 2.45) is 5.73 Å². The number of oxazole rings is 1. The molecular weight excluding hydrogens is 309 g/mol. The number of hydrogen-bond acceptors (Lipinski definition) is 4. The van der Waals surface area contributed by atoms with E-state index < -0.39 is 0 Å². The molecule has 2 aromatic rings. The lowest BCUT2D eigenvalue weighted by atomic mass is 10.1. The predicted molar refractivity (Wildman–Crippen MR) is 90.2 cm³/mol. The lowest BCUT2D eigenvalue weighted by molar-refractivity contribution is 0.246. The molecule has 6 heteroatoms. The monoisotopic (exact) mass is 331 g/mol. The first-order chi connectivity index (χ1) is 9.28. The molecule has 0 fully saturated rings. The molecule has 0 spiro atoms. The van der Waals surface area contributed by atoms with Crippen LogP contribution in [0.4, 0.5) is 0 Å². The molecule has 118 valence electrons. The van der Waals surface area contributed by atoms with Gasteiger partial charge < -0.3 is 10.2 Å². The van der Waals surface area contributed by atoms with Crippen molar-refractivity contribution >= 4 is 24.8 Å². The maximum absolute atomic E-state index is 5.66. The standard InChI is InChI=1S/C15H21N3O.2ClH/c1-13-11-17-15(19-13)12-18(10-8-16)9-7-14-5-3-2-4-6-14;;/h2-6,11H,7-10,12,16H2,1H3;2*1H. The van der Waals surface area contributed by atoms with Gasteiger partial charge in [-0.15, -0.1) is 24.8 Å². The summed E-state index contributed by atoms with van der Waals surface area (Å²) in [5.41, 5.74) is 7.01. The molecule has 0 bridgehead atoms. The van der Waals surface area contributed by atoms with E-state index in [2.05, 4.69) is 34.1 Å². The minimum atomic E-state index is 0. The largest absolute Gasteiger partial charge is 0.445 e. The smallest absolute Gasteiger partial charge is 0.208 e. The number of benzene rings is 1. The molecule has 1 aromatic carbocycles. The summed E-state index contributed by atoms with van der Waals surface area (Å²) in [6.07, 6.45) is 2.77. The Morgan fingerprint density at radius 1 is 1.14 bits per heavy atom. The second-order valence-corrected chi connectivity index (χ2v) is 4.67. The normalized spacial score (nSPS) is 10.0. The van der Waals surface area contributed by atoms with Gasteiger partial charge in [0, 0.05) is 19.6 Å². The van der Waals surface area contributed by atoms with E-state index in [-0.39, 0.29) is 24.8 Å². The number of rotatable bonds is 7. The molecule has 0 aliphatic rings. The van der Waals surface area contributed by atoms with E-state index in [1.54, 1.807) is 6.20 Å². The number of aromatic nitrogens is 1. The zero-order valence-electron chi connectivity index (χ0n) is 12.2. The molecular formula is C15H23Cl2N3O. The van der Waals surface area contributed by atoms with Gasteiger partial charge in [0.15, 0.2) is 0 Å². The van der Waals surface area contributed by atoms with Crippen molar-refractivity contribution in [3.63, 3.8) is 0 Å². The first-order valence-electron chi connectivity index (χ1n) is 6.65. The van der Waals surface area contributed by atoms with Gasteiger partial charge in [-0.25, -0.2) is 4.98 Å². The van der Waals surface area contributed by atoms with E-state index in [4.69, 9.17) is 10.2 Å². The Bertz CT molecular complexity index is 491. The summed E-state index contributed by atoms with van der Waals surface area (Å²) < 4.78 is 5.52. The fourth-order valence-electron chi connectivity index (χ4n) is 2.05. The Morgan fingerprint density at radius 2 is 1.86 bits per heavy atom. The SMILES string of the molecule is Cc1cnc(CN(CCN)CCc2ccccc2)o1.Cl.Cl. The van der Waals surface area contributed by atoms with Crippen LogP contribution in [0, 0.1) is 6.92 Å². The molecule has 4 nitrogen and oxygen atoms in total. The molecule has 2 N–H and O–H groups in total. The van der Waals surface area contributed by atoms with Crippen molar-refractivity contribution in [2.45, 2.75) is 19.9 Å². The number of halogens is 2. The summed E-state index contributed by atoms with van der Waals surface area (Å²) in [6.45, 7) is 5.09. The second-order valence-electron chi connectivity index (χ2n) is 4.67. The molecule has 0 aliphatic carbocycles. The highest BCUT2D eigenvalue weighted by atomic mass is 35.5. The minimum Gasteiger partial charge on any atom is -0.445 e. The number of nitrogens with two attached hydrogens (primary N) is 1. The van der Waals surface area contributed by atoms with E-state index in [0.29, 0.717) is 6.54 Å². The average Bonchev–Trinajstić information content (AvgIpc) is 2.83. The van der Waals surface area contributed by atoms with Gasteiger partial charge in [-0.05, 0) is 18.9 Å². The van der Waals surface area contributed by atoms with Crippen LogP contribution in [0.15, 0.2) is 40.9 Å². The lowest BCUT2D eigenvalue weighted by Gasteiger charge is -2.19. The van der Waals surface area contributed by atoms with E-state index in [1.165, 1.54) is 5.56 Å². The molecule has 1 aromatic heterocycles. The van der Waals surface area contributed by atoms with Crippen LogP contribution in [0.1, 0.15) is 17.2 Å². The first-order valence-corrected chi connectivity index (χ1v) is 6.65. The van der Waals surface area contributed by atoms with Crippen LogP contribution >= 0.6 is 24.8 Å². The Hall–Kier alpha value is -1.07. The van der Waals surface area contributed by atoms with Gasteiger partial charge in [0.05, 0.1) is 12.7 Å². The zero-order valence-corrected chi connectivity index (χ0v) is 13.8. The first kappa shape index (κ1) is 19.9. The highest BCUT2D eigenvalue weighted by Gasteiger charge is 2.09. The van der Waals surface area contributed by atoms with E-state index in [1.807, 2.05) is 13.0 Å². The van der Waals surface area contributed by atoms with Gasteiger partial charge in [-0.1, -0.05) is 30.3 Å². The molecule has 0 radical (unpaired) electrons. The Labute approximate surface area is 138 Å². The van der Waals surface area contributed by atoms with Crippen LogP contribution in [0.3, 0.4) is 0 Å². The van der Waals surface area contributed by atoms with Crippen molar-refractivity contribution in [3.8, 4) is 0 Å². The zero-order chi connectivity index (χ0) is 13.5. The number of aryl methyl sites for hydroxylation is 1. The predicted octanol–water partition coefficient (Wildman–Crippen LogP) is 2.83. The fourth-order valence-corrected chi connectivity index (χ4v) is 2.05. The van der Waals surface area contributed by atoms with Crippen molar-refractivity contribution < 1.29 is 4.42 Å². The molecule has 0 saturated heterocycles. The van der Waals surface area contributed by atoms with E-state index in [9.17, 15) is 0 Å². The van der Waals surface area contributed by atoms with Crippen LogP contribution in [-0.4, -0.2) is 29.5 Å². The summed E-state index contributed by atoms with van der Waals surface area (Å²) >= 11 is 0. The molecule has 0 aliphatic heterocycles. The molecule has 0 saturated carbocycles. The molecule has 0 atom stereocenters. The highest BCUT2D eigenvalue weighted by Crippen LogP contribution is 2.07. The van der Waals surface area contributed by atoms with Gasteiger partial charge in [-0.2, -0.15) is 0 Å². The third-order valence-corrected chi connectivity index (χ3v) is 3.03. The number of nitrogens with zero attached hydrogens (tertiary/aromatic N) is 2. The Morgan fingerprint density at radius 3 is 2.43 bits per heavy atom. The third-order valence-electron chi connectivity index (χ3n) is 3.03. The molecule has 21 heavy (non-hydrogen) atoms. The molecule has 0 amide bonds. The van der Waals surface area contributed by atoms with Gasteiger partial charge in [0.25, 0.3) is 0 Å². The summed E-state index contributed by atoms with van der Waals surface area (Å²) in [4.78, 5) is 6.52. The molecule has 1 heterocycles. The molecule has 2 rings (SSSR count). The quantitative estimate of drug-likeness (QED) is 0.847. The van der Waals surface area contributed by atoms with Gasteiger partial charge in [0.1, 0.15) is 5.76 Å². The van der Waals surface area contributed by atoms with Gasteiger partial charge in [-0.3, -0.25) is 4.90 Å². The van der Waals surface area contributed by atoms with Gasteiger partial charge in [0.2, 0.25) is 5.89 Å². The molecule has 0 unspecified atom stereocenters. The maximum atomic E-state index is 5.66. The van der Waals surface area contributed by atoms with Gasteiger partial charge >= 0.3 is 0 Å². The van der Waals surface area contributed by atoms with Crippen LogP contribution < -0.4 is 5.73 Å². The fraction of sp³-hybridized carbons (Fsp3) is 0.400. The van der Waals surface area contributed by atoms with Crippen molar-refractivity contribution in [3.05, 3.63) is 53.7 Å². The summed E-state index contributed by atoms with van der Waals surface area (Å²) in [7, 11) is 0. The van der Waals surface area contributed by atoms with E-state index >= 15 is 0 Å². The number of hydrogen-bond donors (Lipinski definition) is 1. The second kappa shape index (κ2) is 10.6. The Balaban J connectivity index is 0.00000200. The van der Waals surface area contributed by atoms with Crippen molar-refractivity contribution in [1.29, 1.82) is 0 Å².